The molecule has 1 aliphatic rings. The van der Waals surface area contributed by atoms with Crippen molar-refractivity contribution in [2.75, 3.05) is 20.8 Å². The molecule has 0 bridgehead atoms. The third kappa shape index (κ3) is 4.36. The van der Waals surface area contributed by atoms with Crippen LogP contribution in [0.5, 0.6) is 5.75 Å². The Bertz CT molecular complexity index is 941. The van der Waals surface area contributed by atoms with E-state index in [1.165, 1.54) is 7.11 Å². The molecule has 0 spiro atoms. The number of aliphatic hydroxyl groups excluding tert-OH is 1. The van der Waals surface area contributed by atoms with Gasteiger partial charge in [-0.05, 0) is 28.8 Å². The molecule has 0 aromatic heterocycles. The van der Waals surface area contributed by atoms with Crippen LogP contribution in [0.25, 0.3) is 0 Å². The minimum atomic E-state index is -1.01. The highest BCUT2D eigenvalue weighted by atomic mass is 16.7. The summed E-state index contributed by atoms with van der Waals surface area (Å²) in [6.45, 7) is 0.0756. The lowest BCUT2D eigenvalue weighted by Gasteiger charge is -2.37. The minimum Gasteiger partial charge on any atom is -0.497 e. The summed E-state index contributed by atoms with van der Waals surface area (Å²) in [5.41, 5.74) is 1.83. The van der Waals surface area contributed by atoms with E-state index in [4.69, 9.17) is 20.3 Å². The summed E-state index contributed by atoms with van der Waals surface area (Å²) >= 11 is 0. The van der Waals surface area contributed by atoms with Gasteiger partial charge in [0.25, 0.3) is 0 Å². The summed E-state index contributed by atoms with van der Waals surface area (Å²) in [7, 11) is 3.10. The zero-order chi connectivity index (χ0) is 22.6. The number of rotatable bonds is 8. The van der Waals surface area contributed by atoms with Crippen molar-refractivity contribution < 1.29 is 25.4 Å². The van der Waals surface area contributed by atoms with Crippen LogP contribution in [0.15, 0.2) is 84.9 Å². The van der Waals surface area contributed by atoms with Crippen molar-refractivity contribution in [3.05, 3.63) is 102 Å². The lowest BCUT2D eigenvalue weighted by Crippen LogP contribution is -2.38. The van der Waals surface area contributed by atoms with E-state index < -0.39 is 30.5 Å². The molecule has 0 aliphatic carbocycles. The summed E-state index contributed by atoms with van der Waals surface area (Å²) in [4.78, 5) is 0. The van der Waals surface area contributed by atoms with Gasteiger partial charge >= 0.3 is 0 Å². The van der Waals surface area contributed by atoms with E-state index in [1.54, 1.807) is 7.11 Å². The zero-order valence-electron chi connectivity index (χ0n) is 18.7. The maximum absolute atomic E-state index is 10.5. The number of benzene rings is 3. The molecule has 1 saturated heterocycles. The maximum atomic E-state index is 10.5. The average Bonchev–Trinajstić information content (AvgIpc) is 3.14. The Labute approximate surface area is 184 Å². The molecule has 1 aliphatic heterocycles. The second-order valence-electron chi connectivity index (χ2n) is 7.41. The van der Waals surface area contributed by atoms with Gasteiger partial charge in [0, 0.05) is 14.9 Å². The van der Waals surface area contributed by atoms with Gasteiger partial charge in [0.15, 0.2) is 6.29 Å². The number of ether oxygens (including phenoxy) is 4. The molecule has 1 fully saturated rings. The second kappa shape index (κ2) is 9.62. The minimum absolute atomic E-state index is 0.0756. The Morgan fingerprint density at radius 3 is 1.94 bits per heavy atom. The number of hydrogen-bond donors (Lipinski definition) is 1. The predicted octanol–water partition coefficient (Wildman–Crippen LogP) is 4.13. The number of methoxy groups -OCH3 is 2. The standard InChI is InChI=1S/C26H28O5/c1-28-22-15-13-21(14-16-22)26(19-9-5-3-6-10-19,20-11-7-4-8-12-20)30-18-24-23(27)17-25(29-2)31-24/h3-16,23-25,27H,17-18H2,1-2H3/t23-,24-,25-/m1/s1/i17D/t17-,23-,24-,25-. The number of hydrogen-bond acceptors (Lipinski definition) is 5. The smallest absolute Gasteiger partial charge is 0.160 e. The topological polar surface area (TPSA) is 57.2 Å². The largest absolute Gasteiger partial charge is 0.497 e. The van der Waals surface area contributed by atoms with Crippen LogP contribution in [0.3, 0.4) is 0 Å². The summed E-state index contributed by atoms with van der Waals surface area (Å²) in [5.74, 6) is 0.748. The highest BCUT2D eigenvalue weighted by Gasteiger charge is 2.41. The van der Waals surface area contributed by atoms with Gasteiger partial charge in [0.1, 0.15) is 17.5 Å². The van der Waals surface area contributed by atoms with E-state index in [0.717, 1.165) is 22.4 Å². The van der Waals surface area contributed by atoms with Crippen molar-refractivity contribution in [1.29, 1.82) is 0 Å². The summed E-state index contributed by atoms with van der Waals surface area (Å²) in [6, 6.07) is 27.7. The molecule has 31 heavy (non-hydrogen) atoms. The van der Waals surface area contributed by atoms with Crippen LogP contribution in [0.1, 0.15) is 24.5 Å². The fourth-order valence-corrected chi connectivity index (χ4v) is 3.98. The molecule has 162 valence electrons. The van der Waals surface area contributed by atoms with Crippen LogP contribution in [0, 0.1) is 0 Å². The highest BCUT2D eigenvalue weighted by molar-refractivity contribution is 5.48. The molecule has 5 nitrogen and oxygen atoms in total. The lowest BCUT2D eigenvalue weighted by molar-refractivity contribution is -0.144. The van der Waals surface area contributed by atoms with E-state index >= 15 is 0 Å². The van der Waals surface area contributed by atoms with Gasteiger partial charge in [-0.2, -0.15) is 0 Å². The molecule has 4 atom stereocenters. The first-order valence-corrected chi connectivity index (χ1v) is 10.3. The van der Waals surface area contributed by atoms with Gasteiger partial charge in [-0.3, -0.25) is 0 Å². The van der Waals surface area contributed by atoms with Crippen molar-refractivity contribution in [3.8, 4) is 5.75 Å². The van der Waals surface area contributed by atoms with Crippen molar-refractivity contribution in [1.82, 2.24) is 0 Å². The molecule has 0 radical (unpaired) electrons. The fraction of sp³-hybridized carbons (Fsp3) is 0.308. The van der Waals surface area contributed by atoms with E-state index in [1.807, 2.05) is 84.9 Å². The van der Waals surface area contributed by atoms with Crippen LogP contribution in [0.2, 0.25) is 0 Å². The summed E-state index contributed by atoms with van der Waals surface area (Å²) in [5, 5.41) is 10.5. The Morgan fingerprint density at radius 1 is 0.903 bits per heavy atom. The van der Waals surface area contributed by atoms with Crippen molar-refractivity contribution in [2.24, 2.45) is 0 Å². The van der Waals surface area contributed by atoms with Crippen molar-refractivity contribution >= 4 is 0 Å². The summed E-state index contributed by atoms with van der Waals surface area (Å²) in [6.07, 6.45) is -3.38. The quantitative estimate of drug-likeness (QED) is 0.555. The average molecular weight is 422 g/mol. The molecule has 5 heteroatoms. The zero-order valence-corrected chi connectivity index (χ0v) is 17.7. The summed E-state index contributed by atoms with van der Waals surface area (Å²) < 4.78 is 31.1. The third-order valence-electron chi connectivity index (χ3n) is 5.60. The van der Waals surface area contributed by atoms with E-state index in [-0.39, 0.29) is 6.61 Å². The molecule has 4 rings (SSSR count). The lowest BCUT2D eigenvalue weighted by atomic mass is 9.80. The van der Waals surface area contributed by atoms with Gasteiger partial charge in [0.05, 0.1) is 19.8 Å². The second-order valence-corrected chi connectivity index (χ2v) is 7.41. The van der Waals surface area contributed by atoms with Crippen molar-refractivity contribution in [3.63, 3.8) is 0 Å². The van der Waals surface area contributed by atoms with E-state index in [2.05, 4.69) is 0 Å². The molecule has 3 aromatic rings. The molecule has 0 unspecified atom stereocenters. The highest BCUT2D eigenvalue weighted by Crippen LogP contribution is 2.41. The molecule has 0 saturated carbocycles. The van der Waals surface area contributed by atoms with Gasteiger partial charge in [0.2, 0.25) is 0 Å². The predicted molar refractivity (Wildman–Crippen MR) is 118 cm³/mol. The maximum Gasteiger partial charge on any atom is 0.160 e. The van der Waals surface area contributed by atoms with Crippen molar-refractivity contribution in [2.45, 2.75) is 30.5 Å². The third-order valence-corrected chi connectivity index (χ3v) is 5.60. The van der Waals surface area contributed by atoms with E-state index in [9.17, 15) is 5.11 Å². The first-order valence-electron chi connectivity index (χ1n) is 10.9. The first-order chi connectivity index (χ1) is 15.6. The van der Waals surface area contributed by atoms with Crippen LogP contribution >= 0.6 is 0 Å². The molecule has 1 heterocycles. The molecular weight excluding hydrogens is 392 g/mol. The number of aliphatic hydroxyl groups is 1. The van der Waals surface area contributed by atoms with Gasteiger partial charge in [-0.1, -0.05) is 72.8 Å². The monoisotopic (exact) mass is 421 g/mol. The molecule has 3 aromatic carbocycles. The molecule has 0 amide bonds. The van der Waals surface area contributed by atoms with Crippen LogP contribution in [-0.2, 0) is 19.8 Å². The SMILES string of the molecule is [2H][C@H]1[C@H](OC)O[C@H](COC(c2ccccc2)(c2ccccc2)c2ccc(OC)cc2)[C@@H]1O. The molecular formula is C26H28O5. The van der Waals surface area contributed by atoms with Gasteiger partial charge < -0.3 is 24.1 Å². The van der Waals surface area contributed by atoms with Crippen LogP contribution in [-0.4, -0.2) is 44.4 Å². The Morgan fingerprint density at radius 2 is 1.45 bits per heavy atom. The normalized spacial score (nSPS) is 24.0. The Hall–Kier alpha value is -2.70. The van der Waals surface area contributed by atoms with Gasteiger partial charge in [-0.15, -0.1) is 0 Å². The Balaban J connectivity index is 1.79. The van der Waals surface area contributed by atoms with Crippen LogP contribution < -0.4 is 4.74 Å². The van der Waals surface area contributed by atoms with Crippen LogP contribution in [0.4, 0.5) is 0 Å². The van der Waals surface area contributed by atoms with Gasteiger partial charge in [-0.25, -0.2) is 0 Å². The molecule has 1 N–H and O–H groups in total. The Kier molecular flexibility index (Phi) is 6.27. The van der Waals surface area contributed by atoms with E-state index in [0.29, 0.717) is 0 Å². The first kappa shape index (κ1) is 20.2. The fourth-order valence-electron chi connectivity index (χ4n) is 3.98.